The van der Waals surface area contributed by atoms with Crippen LogP contribution >= 0.6 is 0 Å². The normalized spacial score (nSPS) is 14.4. The highest BCUT2D eigenvalue weighted by Gasteiger charge is 2.26. The molecule has 0 N–H and O–H groups in total. The zero-order valence-corrected chi connectivity index (χ0v) is 18.2. The molecule has 1 aliphatic heterocycles. The van der Waals surface area contributed by atoms with Crippen molar-refractivity contribution in [3.8, 4) is 11.5 Å². The molecule has 6 heteroatoms. The highest BCUT2D eigenvalue weighted by molar-refractivity contribution is 5.78. The molecule has 3 rings (SSSR count). The fraction of sp³-hybridized carbons (Fsp3) is 0.417. The molecule has 2 amide bonds. The molecule has 0 radical (unpaired) electrons. The summed E-state index contributed by atoms with van der Waals surface area (Å²) in [5.74, 6) is 1.18. The maximum absolute atomic E-state index is 12.6. The Morgan fingerprint density at radius 2 is 1.57 bits per heavy atom. The van der Waals surface area contributed by atoms with Crippen molar-refractivity contribution in [1.82, 2.24) is 9.80 Å². The molecule has 1 fully saturated rings. The van der Waals surface area contributed by atoms with E-state index in [1.54, 1.807) is 21.9 Å². The molecule has 0 bridgehead atoms. The average Bonchev–Trinajstić information content (AvgIpc) is 2.72. The molecule has 2 aromatic rings. The van der Waals surface area contributed by atoms with E-state index in [1.165, 1.54) is 0 Å². The zero-order valence-electron chi connectivity index (χ0n) is 18.2. The minimum absolute atomic E-state index is 0.0133. The first kappa shape index (κ1) is 21.7. The number of benzene rings is 2. The number of hydrogen-bond donors (Lipinski definition) is 0. The minimum Gasteiger partial charge on any atom is -0.483 e. The number of rotatable bonds is 4. The predicted octanol–water partition coefficient (Wildman–Crippen LogP) is 4.01. The fourth-order valence-electron chi connectivity index (χ4n) is 3.38. The number of para-hydroxylation sites is 1. The Morgan fingerprint density at radius 3 is 2.20 bits per heavy atom. The van der Waals surface area contributed by atoms with Crippen molar-refractivity contribution >= 4 is 12.0 Å². The second kappa shape index (κ2) is 9.20. The number of carbonyl (C=O) groups is 2. The minimum atomic E-state index is -0.390. The van der Waals surface area contributed by atoms with Gasteiger partial charge in [-0.15, -0.1) is 0 Å². The van der Waals surface area contributed by atoms with E-state index >= 15 is 0 Å². The Kier molecular flexibility index (Phi) is 6.65. The summed E-state index contributed by atoms with van der Waals surface area (Å²) in [6.07, 6.45) is -0.390. The number of piperazine rings is 1. The Bertz CT molecular complexity index is 882. The average molecular weight is 411 g/mol. The Balaban J connectivity index is 1.51. The van der Waals surface area contributed by atoms with Crippen LogP contribution in [0.1, 0.15) is 31.9 Å². The van der Waals surface area contributed by atoms with Gasteiger partial charge in [-0.05, 0) is 36.1 Å². The predicted molar refractivity (Wildman–Crippen MR) is 116 cm³/mol. The topological polar surface area (TPSA) is 59.1 Å². The van der Waals surface area contributed by atoms with Crippen LogP contribution in [0.2, 0.25) is 0 Å². The molecule has 6 nitrogen and oxygen atoms in total. The van der Waals surface area contributed by atoms with Crippen LogP contribution in [-0.2, 0) is 10.2 Å². The van der Waals surface area contributed by atoms with Gasteiger partial charge in [-0.2, -0.15) is 0 Å². The number of amides is 2. The van der Waals surface area contributed by atoms with Crippen molar-refractivity contribution in [2.75, 3.05) is 32.8 Å². The van der Waals surface area contributed by atoms with Crippen LogP contribution in [0, 0.1) is 6.92 Å². The lowest BCUT2D eigenvalue weighted by Gasteiger charge is -2.34. The molecular weight excluding hydrogens is 380 g/mol. The second-order valence-electron chi connectivity index (χ2n) is 8.59. The van der Waals surface area contributed by atoms with Crippen LogP contribution in [0.15, 0.2) is 48.5 Å². The maximum atomic E-state index is 12.6. The van der Waals surface area contributed by atoms with E-state index < -0.39 is 0 Å². The van der Waals surface area contributed by atoms with Crippen molar-refractivity contribution in [3.05, 3.63) is 59.7 Å². The van der Waals surface area contributed by atoms with Crippen LogP contribution in [0.4, 0.5) is 4.79 Å². The molecular formula is C24H30N2O4. The van der Waals surface area contributed by atoms with Gasteiger partial charge in [-0.25, -0.2) is 4.79 Å². The lowest BCUT2D eigenvalue weighted by atomic mass is 9.85. The molecule has 1 saturated heterocycles. The smallest absolute Gasteiger partial charge is 0.415 e. The van der Waals surface area contributed by atoms with E-state index in [1.807, 2.05) is 37.3 Å². The van der Waals surface area contributed by atoms with Crippen molar-refractivity contribution in [2.45, 2.75) is 33.1 Å². The van der Waals surface area contributed by atoms with Crippen molar-refractivity contribution in [1.29, 1.82) is 0 Å². The van der Waals surface area contributed by atoms with Gasteiger partial charge >= 0.3 is 6.09 Å². The second-order valence-corrected chi connectivity index (χ2v) is 8.59. The quantitative estimate of drug-likeness (QED) is 0.764. The van der Waals surface area contributed by atoms with Gasteiger partial charge < -0.3 is 19.3 Å². The first-order valence-electron chi connectivity index (χ1n) is 10.3. The summed E-state index contributed by atoms with van der Waals surface area (Å²) in [6, 6.07) is 15.0. The van der Waals surface area contributed by atoms with Crippen molar-refractivity contribution in [3.63, 3.8) is 0 Å². The monoisotopic (exact) mass is 410 g/mol. The summed E-state index contributed by atoms with van der Waals surface area (Å²) < 4.78 is 11.3. The number of carbonyl (C=O) groups excluding carboxylic acids is 2. The van der Waals surface area contributed by atoms with Gasteiger partial charge in [0.2, 0.25) is 0 Å². The molecule has 0 spiro atoms. The number of hydrogen-bond acceptors (Lipinski definition) is 4. The van der Waals surface area contributed by atoms with Crippen molar-refractivity contribution < 1.29 is 19.1 Å². The third kappa shape index (κ3) is 5.53. The van der Waals surface area contributed by atoms with Crippen LogP contribution in [0.5, 0.6) is 11.5 Å². The molecule has 1 heterocycles. The van der Waals surface area contributed by atoms with Gasteiger partial charge in [0.1, 0.15) is 11.5 Å². The highest BCUT2D eigenvalue weighted by atomic mass is 16.6. The van der Waals surface area contributed by atoms with Gasteiger partial charge in [0.15, 0.2) is 6.61 Å². The van der Waals surface area contributed by atoms with E-state index in [0.717, 1.165) is 16.9 Å². The van der Waals surface area contributed by atoms with Crippen molar-refractivity contribution in [2.24, 2.45) is 0 Å². The molecule has 0 aromatic heterocycles. The molecule has 2 aromatic carbocycles. The van der Waals surface area contributed by atoms with Crippen LogP contribution in [-0.4, -0.2) is 54.6 Å². The first-order valence-corrected chi connectivity index (χ1v) is 10.3. The molecule has 0 saturated carbocycles. The molecule has 0 aliphatic carbocycles. The van der Waals surface area contributed by atoms with Crippen LogP contribution in [0.25, 0.3) is 0 Å². The summed E-state index contributed by atoms with van der Waals surface area (Å²) in [5.41, 5.74) is 2.18. The highest BCUT2D eigenvalue weighted by Crippen LogP contribution is 2.32. The van der Waals surface area contributed by atoms with Gasteiger partial charge in [0.25, 0.3) is 5.91 Å². The Labute approximate surface area is 178 Å². The Morgan fingerprint density at radius 1 is 0.933 bits per heavy atom. The third-order valence-electron chi connectivity index (χ3n) is 5.13. The fourth-order valence-corrected chi connectivity index (χ4v) is 3.38. The molecule has 0 atom stereocenters. The SMILES string of the molecule is Cc1ccc(OCC(=O)N2CCN(C(=O)Oc3ccccc3)CC2)c(C(C)(C)C)c1. The molecule has 1 aliphatic rings. The number of ether oxygens (including phenoxy) is 2. The zero-order chi connectivity index (χ0) is 21.7. The Hall–Kier alpha value is -3.02. The summed E-state index contributed by atoms with van der Waals surface area (Å²) >= 11 is 0. The van der Waals surface area contributed by atoms with Gasteiger partial charge in [-0.3, -0.25) is 4.79 Å². The van der Waals surface area contributed by atoms with E-state index in [4.69, 9.17) is 9.47 Å². The summed E-state index contributed by atoms with van der Waals surface area (Å²) in [7, 11) is 0. The van der Waals surface area contributed by atoms with E-state index in [9.17, 15) is 9.59 Å². The summed E-state index contributed by atoms with van der Waals surface area (Å²) in [5, 5.41) is 0. The van der Waals surface area contributed by atoms with Gasteiger partial charge in [0, 0.05) is 26.2 Å². The summed E-state index contributed by atoms with van der Waals surface area (Å²) in [4.78, 5) is 28.3. The number of aryl methyl sites for hydroxylation is 1. The van der Waals surface area contributed by atoms with E-state index in [-0.39, 0.29) is 24.0 Å². The number of nitrogens with zero attached hydrogens (tertiary/aromatic N) is 2. The third-order valence-corrected chi connectivity index (χ3v) is 5.13. The van der Waals surface area contributed by atoms with Crippen LogP contribution < -0.4 is 9.47 Å². The molecule has 0 unspecified atom stereocenters. The van der Waals surface area contributed by atoms with Crippen LogP contribution in [0.3, 0.4) is 0 Å². The van der Waals surface area contributed by atoms with E-state index in [2.05, 4.69) is 26.8 Å². The molecule has 30 heavy (non-hydrogen) atoms. The largest absolute Gasteiger partial charge is 0.483 e. The summed E-state index contributed by atoms with van der Waals surface area (Å²) in [6.45, 7) is 10.2. The first-order chi connectivity index (χ1) is 14.2. The maximum Gasteiger partial charge on any atom is 0.415 e. The molecule has 160 valence electrons. The van der Waals surface area contributed by atoms with Gasteiger partial charge in [-0.1, -0.05) is 56.7 Å². The van der Waals surface area contributed by atoms with Gasteiger partial charge in [0.05, 0.1) is 0 Å². The lowest BCUT2D eigenvalue weighted by molar-refractivity contribution is -0.134. The lowest BCUT2D eigenvalue weighted by Crippen LogP contribution is -2.52. The van der Waals surface area contributed by atoms with E-state index in [0.29, 0.717) is 31.9 Å². The standard InChI is InChI=1S/C24H30N2O4/c1-18-10-11-21(20(16-18)24(2,3)4)29-17-22(27)25-12-14-26(15-13-25)23(28)30-19-8-6-5-7-9-19/h5-11,16H,12-15,17H2,1-4H3.